The Bertz CT molecular complexity index is 326. The maximum absolute atomic E-state index is 4.47. The molecule has 1 aromatic rings. The van der Waals surface area contributed by atoms with Crippen LogP contribution in [-0.4, -0.2) is 44.2 Å². The molecule has 2 rings (SSSR count). The molecule has 90 valence electrons. The van der Waals surface area contributed by atoms with Gasteiger partial charge in [0.2, 0.25) is 0 Å². The lowest BCUT2D eigenvalue weighted by Gasteiger charge is -2.25. The van der Waals surface area contributed by atoms with Crippen LogP contribution < -0.4 is 0 Å². The molecule has 0 amide bonds. The SMILES string of the molecule is CCc1n[nH]c(CN2CCSCC[C@@H]2C)n1. The van der Waals surface area contributed by atoms with E-state index in [0.717, 1.165) is 31.2 Å². The fraction of sp³-hybridized carbons (Fsp3) is 0.818. The third kappa shape index (κ3) is 2.98. The second kappa shape index (κ2) is 5.68. The van der Waals surface area contributed by atoms with Crippen molar-refractivity contribution < 1.29 is 0 Å². The summed E-state index contributed by atoms with van der Waals surface area (Å²) in [4.78, 5) is 6.97. The largest absolute Gasteiger partial charge is 0.292 e. The highest BCUT2D eigenvalue weighted by Crippen LogP contribution is 2.17. The van der Waals surface area contributed by atoms with E-state index in [9.17, 15) is 0 Å². The molecule has 0 bridgehead atoms. The van der Waals surface area contributed by atoms with Crippen LogP contribution in [0, 0.1) is 0 Å². The number of aryl methyl sites for hydroxylation is 1. The number of nitrogens with one attached hydrogen (secondary N) is 1. The maximum atomic E-state index is 4.47. The van der Waals surface area contributed by atoms with Crippen LogP contribution in [0.1, 0.15) is 31.9 Å². The fourth-order valence-electron chi connectivity index (χ4n) is 1.93. The minimum absolute atomic E-state index is 0.658. The first-order valence-electron chi connectivity index (χ1n) is 6.01. The zero-order valence-corrected chi connectivity index (χ0v) is 10.9. The van der Waals surface area contributed by atoms with Gasteiger partial charge in [0.25, 0.3) is 0 Å². The first-order chi connectivity index (χ1) is 7.79. The predicted molar refractivity (Wildman–Crippen MR) is 67.6 cm³/mol. The van der Waals surface area contributed by atoms with Crippen molar-refractivity contribution in [1.29, 1.82) is 0 Å². The van der Waals surface area contributed by atoms with Crippen LogP contribution in [0.4, 0.5) is 0 Å². The lowest BCUT2D eigenvalue weighted by molar-refractivity contribution is 0.207. The molecule has 1 saturated heterocycles. The fourth-order valence-corrected chi connectivity index (χ4v) is 3.01. The molecule has 0 saturated carbocycles. The van der Waals surface area contributed by atoms with Crippen molar-refractivity contribution in [1.82, 2.24) is 20.1 Å². The Balaban J connectivity index is 1.96. The molecule has 5 heteroatoms. The van der Waals surface area contributed by atoms with E-state index in [1.807, 2.05) is 0 Å². The van der Waals surface area contributed by atoms with Gasteiger partial charge in [-0.3, -0.25) is 10.00 Å². The van der Waals surface area contributed by atoms with E-state index in [2.05, 4.69) is 45.7 Å². The number of hydrogen-bond donors (Lipinski definition) is 1. The Labute approximate surface area is 101 Å². The second-order valence-electron chi connectivity index (χ2n) is 4.27. The second-order valence-corrected chi connectivity index (χ2v) is 5.50. The molecule has 1 fully saturated rings. The molecule has 0 aromatic carbocycles. The zero-order chi connectivity index (χ0) is 11.4. The summed E-state index contributed by atoms with van der Waals surface area (Å²) in [6.45, 7) is 6.46. The Hall–Kier alpha value is -0.550. The Morgan fingerprint density at radius 3 is 3.12 bits per heavy atom. The zero-order valence-electron chi connectivity index (χ0n) is 10.1. The summed E-state index contributed by atoms with van der Waals surface area (Å²) in [6.07, 6.45) is 2.18. The van der Waals surface area contributed by atoms with Crippen molar-refractivity contribution in [3.8, 4) is 0 Å². The number of rotatable bonds is 3. The monoisotopic (exact) mass is 240 g/mol. The average Bonchev–Trinajstić information content (AvgIpc) is 2.65. The van der Waals surface area contributed by atoms with E-state index in [4.69, 9.17) is 0 Å². The van der Waals surface area contributed by atoms with E-state index in [0.29, 0.717) is 6.04 Å². The molecule has 1 aliphatic heterocycles. The van der Waals surface area contributed by atoms with Gasteiger partial charge in [-0.1, -0.05) is 6.92 Å². The van der Waals surface area contributed by atoms with Crippen LogP contribution in [0.15, 0.2) is 0 Å². The first kappa shape index (κ1) is 11.9. The molecule has 1 atom stereocenters. The Kier molecular flexibility index (Phi) is 4.23. The van der Waals surface area contributed by atoms with Crippen molar-refractivity contribution in [2.24, 2.45) is 0 Å². The lowest BCUT2D eigenvalue weighted by atomic mass is 10.2. The van der Waals surface area contributed by atoms with Gasteiger partial charge in [0.15, 0.2) is 0 Å². The standard InChI is InChI=1S/C11H20N4S/c1-3-10-12-11(14-13-10)8-15-5-7-16-6-4-9(15)2/h9H,3-8H2,1-2H3,(H,12,13,14)/t9-/m0/s1. The molecule has 0 unspecified atom stereocenters. The van der Waals surface area contributed by atoms with Crippen molar-refractivity contribution in [3.63, 3.8) is 0 Å². The van der Waals surface area contributed by atoms with E-state index >= 15 is 0 Å². The van der Waals surface area contributed by atoms with Crippen molar-refractivity contribution >= 4 is 11.8 Å². The van der Waals surface area contributed by atoms with E-state index < -0.39 is 0 Å². The number of H-pyrrole nitrogens is 1. The summed E-state index contributed by atoms with van der Waals surface area (Å²) in [5.41, 5.74) is 0. The maximum Gasteiger partial charge on any atom is 0.150 e. The summed E-state index contributed by atoms with van der Waals surface area (Å²) in [7, 11) is 0. The van der Waals surface area contributed by atoms with Gasteiger partial charge in [-0.2, -0.15) is 16.9 Å². The number of aromatic nitrogens is 3. The molecule has 1 aromatic heterocycles. The normalized spacial score (nSPS) is 23.2. The molecule has 0 spiro atoms. The van der Waals surface area contributed by atoms with E-state index in [1.54, 1.807) is 0 Å². The van der Waals surface area contributed by atoms with Crippen molar-refractivity contribution in [2.45, 2.75) is 39.3 Å². The van der Waals surface area contributed by atoms with E-state index in [-0.39, 0.29) is 0 Å². The highest BCUT2D eigenvalue weighted by atomic mass is 32.2. The molecule has 0 aliphatic carbocycles. The van der Waals surface area contributed by atoms with Crippen LogP contribution >= 0.6 is 11.8 Å². The number of nitrogens with zero attached hydrogens (tertiary/aromatic N) is 3. The van der Waals surface area contributed by atoms with Gasteiger partial charge in [-0.15, -0.1) is 0 Å². The first-order valence-corrected chi connectivity index (χ1v) is 7.17. The van der Waals surface area contributed by atoms with Crippen molar-refractivity contribution in [2.75, 3.05) is 18.1 Å². The Morgan fingerprint density at radius 2 is 2.38 bits per heavy atom. The third-order valence-electron chi connectivity index (χ3n) is 3.07. The molecular weight excluding hydrogens is 220 g/mol. The molecule has 1 N–H and O–H groups in total. The van der Waals surface area contributed by atoms with Gasteiger partial charge in [0, 0.05) is 24.8 Å². The minimum atomic E-state index is 0.658. The predicted octanol–water partition coefficient (Wildman–Crippen LogP) is 1.69. The third-order valence-corrected chi connectivity index (χ3v) is 4.07. The quantitative estimate of drug-likeness (QED) is 0.873. The number of aromatic amines is 1. The molecule has 0 radical (unpaired) electrons. The molecule has 1 aliphatic rings. The van der Waals surface area contributed by atoms with Gasteiger partial charge in [-0.05, 0) is 19.1 Å². The lowest BCUT2D eigenvalue weighted by Crippen LogP contribution is -2.33. The summed E-state index contributed by atoms with van der Waals surface area (Å²) >= 11 is 2.06. The summed E-state index contributed by atoms with van der Waals surface area (Å²) < 4.78 is 0. The molecule has 16 heavy (non-hydrogen) atoms. The number of thioether (sulfide) groups is 1. The van der Waals surface area contributed by atoms with Crippen LogP contribution in [0.25, 0.3) is 0 Å². The smallest absolute Gasteiger partial charge is 0.150 e. The van der Waals surface area contributed by atoms with Gasteiger partial charge in [0.1, 0.15) is 11.6 Å². The average molecular weight is 240 g/mol. The summed E-state index contributed by atoms with van der Waals surface area (Å²) in [6, 6.07) is 0.658. The van der Waals surface area contributed by atoms with Crippen LogP contribution in [-0.2, 0) is 13.0 Å². The Morgan fingerprint density at radius 1 is 1.50 bits per heavy atom. The molecular formula is C11H20N4S. The van der Waals surface area contributed by atoms with Crippen LogP contribution in [0.5, 0.6) is 0 Å². The summed E-state index contributed by atoms with van der Waals surface area (Å²) in [5.74, 6) is 4.45. The summed E-state index contributed by atoms with van der Waals surface area (Å²) in [5, 5.41) is 7.22. The van der Waals surface area contributed by atoms with E-state index in [1.165, 1.54) is 17.9 Å². The van der Waals surface area contributed by atoms with Crippen LogP contribution in [0.2, 0.25) is 0 Å². The molecule has 4 nitrogen and oxygen atoms in total. The molecule has 2 heterocycles. The van der Waals surface area contributed by atoms with Crippen LogP contribution in [0.3, 0.4) is 0 Å². The number of hydrogen-bond acceptors (Lipinski definition) is 4. The van der Waals surface area contributed by atoms with Crippen molar-refractivity contribution in [3.05, 3.63) is 11.6 Å². The van der Waals surface area contributed by atoms with Gasteiger partial charge in [0.05, 0.1) is 6.54 Å². The highest BCUT2D eigenvalue weighted by Gasteiger charge is 2.18. The minimum Gasteiger partial charge on any atom is -0.292 e. The van der Waals surface area contributed by atoms with Gasteiger partial charge in [-0.25, -0.2) is 4.98 Å². The van der Waals surface area contributed by atoms with Gasteiger partial charge >= 0.3 is 0 Å². The van der Waals surface area contributed by atoms with Gasteiger partial charge < -0.3 is 0 Å². The highest BCUT2D eigenvalue weighted by molar-refractivity contribution is 7.99. The topological polar surface area (TPSA) is 44.8 Å².